The largest absolute Gasteiger partial charge is 0.496 e. The zero-order valence-electron chi connectivity index (χ0n) is 12.6. The van der Waals surface area contributed by atoms with Gasteiger partial charge in [0.15, 0.2) is 12.6 Å². The summed E-state index contributed by atoms with van der Waals surface area (Å²) in [4.78, 5) is 12.5. The zero-order chi connectivity index (χ0) is 15.8. The molecule has 0 radical (unpaired) electrons. The first-order valence-corrected chi connectivity index (χ1v) is 6.82. The first-order valence-electron chi connectivity index (χ1n) is 6.82. The van der Waals surface area contributed by atoms with Crippen LogP contribution < -0.4 is 9.47 Å². The second-order valence-electron chi connectivity index (χ2n) is 4.49. The van der Waals surface area contributed by atoms with Crippen LogP contribution >= 0.6 is 0 Å². The third-order valence-corrected chi connectivity index (χ3v) is 3.01. The lowest BCUT2D eigenvalue weighted by molar-refractivity contribution is 0.0502. The lowest BCUT2D eigenvalue weighted by Crippen LogP contribution is -2.06. The van der Waals surface area contributed by atoms with Gasteiger partial charge in [-0.3, -0.25) is 4.79 Å². The average Bonchev–Trinajstić information content (AvgIpc) is 2.58. The van der Waals surface area contributed by atoms with Crippen molar-refractivity contribution in [2.75, 3.05) is 21.0 Å². The number of hydrogen-bond donors (Lipinski definition) is 0. The van der Waals surface area contributed by atoms with Crippen LogP contribution in [0.5, 0.6) is 11.5 Å². The van der Waals surface area contributed by atoms with Gasteiger partial charge in [-0.2, -0.15) is 0 Å². The summed E-state index contributed by atoms with van der Waals surface area (Å²) < 4.78 is 15.6. The van der Waals surface area contributed by atoms with Crippen LogP contribution in [0.25, 0.3) is 6.08 Å². The van der Waals surface area contributed by atoms with Crippen LogP contribution in [0, 0.1) is 0 Å². The average molecular weight is 298 g/mol. The van der Waals surface area contributed by atoms with Gasteiger partial charge in [-0.15, -0.1) is 0 Å². The van der Waals surface area contributed by atoms with Crippen LogP contribution in [-0.2, 0) is 4.74 Å². The molecule has 0 amide bonds. The first kappa shape index (κ1) is 15.8. The summed E-state index contributed by atoms with van der Waals surface area (Å²) in [5.74, 6) is 0.715. The summed E-state index contributed by atoms with van der Waals surface area (Å²) in [6.07, 6.45) is 3.27. The van der Waals surface area contributed by atoms with Crippen molar-refractivity contribution in [2.45, 2.75) is 0 Å². The second kappa shape index (κ2) is 8.00. The van der Waals surface area contributed by atoms with Gasteiger partial charge < -0.3 is 14.2 Å². The van der Waals surface area contributed by atoms with E-state index in [9.17, 15) is 4.79 Å². The highest BCUT2D eigenvalue weighted by molar-refractivity contribution is 6.10. The molecule has 0 spiro atoms. The Kier molecular flexibility index (Phi) is 5.74. The quantitative estimate of drug-likeness (QED) is 0.445. The number of hydrogen-bond acceptors (Lipinski definition) is 4. The number of benzene rings is 2. The molecule has 2 rings (SSSR count). The number of methoxy groups -OCH3 is 2. The van der Waals surface area contributed by atoms with E-state index in [2.05, 4.69) is 0 Å². The van der Waals surface area contributed by atoms with Crippen LogP contribution in [0.4, 0.5) is 0 Å². The van der Waals surface area contributed by atoms with Crippen molar-refractivity contribution in [3.05, 3.63) is 65.7 Å². The summed E-state index contributed by atoms with van der Waals surface area (Å²) in [5, 5.41) is 0. The third-order valence-electron chi connectivity index (χ3n) is 3.01. The third kappa shape index (κ3) is 3.96. The summed E-state index contributed by atoms with van der Waals surface area (Å²) >= 11 is 0. The van der Waals surface area contributed by atoms with E-state index in [1.54, 1.807) is 24.3 Å². The molecule has 22 heavy (non-hydrogen) atoms. The van der Waals surface area contributed by atoms with Crippen molar-refractivity contribution in [1.29, 1.82) is 0 Å². The van der Waals surface area contributed by atoms with Crippen molar-refractivity contribution in [1.82, 2.24) is 0 Å². The molecular formula is C18H18O4. The zero-order valence-corrected chi connectivity index (χ0v) is 12.6. The lowest BCUT2D eigenvalue weighted by atomic mass is 10.1. The Morgan fingerprint density at radius 1 is 1.00 bits per heavy atom. The molecule has 4 nitrogen and oxygen atoms in total. The molecule has 2 aromatic rings. The van der Waals surface area contributed by atoms with Gasteiger partial charge in [0.25, 0.3) is 0 Å². The van der Waals surface area contributed by atoms with E-state index in [1.807, 2.05) is 30.3 Å². The summed E-state index contributed by atoms with van der Waals surface area (Å²) in [5.41, 5.74) is 1.33. The Labute approximate surface area is 129 Å². The Balaban J connectivity index is 2.29. The minimum absolute atomic E-state index is 0.0653. The van der Waals surface area contributed by atoms with Gasteiger partial charge in [-0.05, 0) is 23.8 Å². The summed E-state index contributed by atoms with van der Waals surface area (Å²) in [6.45, 7) is 0.0653. The highest BCUT2D eigenvalue weighted by Crippen LogP contribution is 2.29. The van der Waals surface area contributed by atoms with Crippen molar-refractivity contribution in [3.8, 4) is 11.5 Å². The summed E-state index contributed by atoms with van der Waals surface area (Å²) in [6, 6.07) is 14.8. The molecule has 0 aliphatic heterocycles. The van der Waals surface area contributed by atoms with E-state index in [-0.39, 0.29) is 12.6 Å². The Hall–Kier alpha value is -2.59. The topological polar surface area (TPSA) is 44.8 Å². The Morgan fingerprint density at radius 3 is 2.41 bits per heavy atom. The second-order valence-corrected chi connectivity index (χ2v) is 4.49. The molecule has 0 heterocycles. The van der Waals surface area contributed by atoms with Crippen molar-refractivity contribution >= 4 is 11.9 Å². The molecular weight excluding hydrogens is 280 g/mol. The number of ether oxygens (including phenoxy) is 3. The van der Waals surface area contributed by atoms with Gasteiger partial charge in [0, 0.05) is 7.11 Å². The molecule has 4 heteroatoms. The van der Waals surface area contributed by atoms with Crippen LogP contribution in [-0.4, -0.2) is 26.8 Å². The molecule has 0 fully saturated rings. The smallest absolute Gasteiger partial charge is 0.193 e. The van der Waals surface area contributed by atoms with Crippen LogP contribution in [0.2, 0.25) is 0 Å². The number of ketones is 1. The molecule has 2 aromatic carbocycles. The molecule has 0 saturated carbocycles. The maximum atomic E-state index is 12.5. The van der Waals surface area contributed by atoms with Crippen LogP contribution in [0.1, 0.15) is 15.9 Å². The van der Waals surface area contributed by atoms with Crippen molar-refractivity contribution in [3.63, 3.8) is 0 Å². The van der Waals surface area contributed by atoms with Gasteiger partial charge in [-0.25, -0.2) is 0 Å². The van der Waals surface area contributed by atoms with Gasteiger partial charge in [0.2, 0.25) is 0 Å². The lowest BCUT2D eigenvalue weighted by Gasteiger charge is -2.12. The molecule has 0 N–H and O–H groups in total. The van der Waals surface area contributed by atoms with E-state index in [0.717, 1.165) is 5.56 Å². The van der Waals surface area contributed by atoms with Gasteiger partial charge in [0.1, 0.15) is 17.1 Å². The molecule has 0 aromatic heterocycles. The fourth-order valence-electron chi connectivity index (χ4n) is 1.99. The van der Waals surface area contributed by atoms with Gasteiger partial charge >= 0.3 is 0 Å². The van der Waals surface area contributed by atoms with E-state index in [0.29, 0.717) is 17.1 Å². The highest BCUT2D eigenvalue weighted by Gasteiger charge is 2.16. The standard InChI is InChI=1S/C18H18O4/c1-20-13-22-17-10-6-9-16(21-2)18(17)15(19)12-11-14-7-4-3-5-8-14/h3-12H,13H2,1-2H3/b12-11+. The molecule has 0 atom stereocenters. The SMILES string of the molecule is COCOc1cccc(OC)c1C(=O)/C=C/c1ccccc1. The van der Waals surface area contributed by atoms with Crippen molar-refractivity contribution < 1.29 is 19.0 Å². The Morgan fingerprint density at radius 2 is 1.73 bits per heavy atom. The summed E-state index contributed by atoms with van der Waals surface area (Å²) in [7, 11) is 3.05. The van der Waals surface area contributed by atoms with Gasteiger partial charge in [-0.1, -0.05) is 42.5 Å². The monoisotopic (exact) mass is 298 g/mol. The minimum atomic E-state index is -0.188. The minimum Gasteiger partial charge on any atom is -0.496 e. The normalized spacial score (nSPS) is 10.6. The van der Waals surface area contributed by atoms with Crippen molar-refractivity contribution in [2.24, 2.45) is 0 Å². The molecule has 0 bridgehead atoms. The maximum absolute atomic E-state index is 12.5. The number of allylic oxidation sites excluding steroid dienone is 1. The van der Waals surface area contributed by atoms with Gasteiger partial charge in [0.05, 0.1) is 7.11 Å². The highest BCUT2D eigenvalue weighted by atomic mass is 16.7. The number of carbonyl (C=O) groups is 1. The van der Waals surface area contributed by atoms with E-state index < -0.39 is 0 Å². The van der Waals surface area contributed by atoms with E-state index in [1.165, 1.54) is 20.3 Å². The molecule has 0 aliphatic carbocycles. The first-order chi connectivity index (χ1) is 10.8. The molecule has 0 aliphatic rings. The fraction of sp³-hybridized carbons (Fsp3) is 0.167. The van der Waals surface area contributed by atoms with Crippen LogP contribution in [0.15, 0.2) is 54.6 Å². The molecule has 0 saturated heterocycles. The Bertz CT molecular complexity index is 647. The molecule has 114 valence electrons. The predicted molar refractivity (Wildman–Crippen MR) is 85.3 cm³/mol. The number of rotatable bonds is 7. The number of carbonyl (C=O) groups excluding carboxylic acids is 1. The fourth-order valence-corrected chi connectivity index (χ4v) is 1.99. The predicted octanol–water partition coefficient (Wildman–Crippen LogP) is 3.57. The maximum Gasteiger partial charge on any atom is 0.193 e. The van der Waals surface area contributed by atoms with Crippen LogP contribution in [0.3, 0.4) is 0 Å². The van der Waals surface area contributed by atoms with E-state index >= 15 is 0 Å². The molecule has 0 unspecified atom stereocenters. The van der Waals surface area contributed by atoms with E-state index in [4.69, 9.17) is 14.2 Å².